The van der Waals surface area contributed by atoms with Crippen molar-refractivity contribution in [3.05, 3.63) is 35.8 Å². The number of aromatic nitrogens is 1. The van der Waals surface area contributed by atoms with E-state index in [2.05, 4.69) is 24.1 Å². The van der Waals surface area contributed by atoms with E-state index in [9.17, 15) is 9.18 Å². The molecule has 1 atom stereocenters. The number of benzene rings is 1. The van der Waals surface area contributed by atoms with Crippen LogP contribution in [-0.4, -0.2) is 28.3 Å². The van der Waals surface area contributed by atoms with E-state index >= 15 is 0 Å². The summed E-state index contributed by atoms with van der Waals surface area (Å²) < 4.78 is 26.0. The number of carboxylic acid groups (broad SMARTS) is 1. The zero-order chi connectivity index (χ0) is 20.5. The summed E-state index contributed by atoms with van der Waals surface area (Å²) in [5.74, 6) is 0.596. The van der Waals surface area contributed by atoms with Crippen LogP contribution in [0.5, 0.6) is 11.5 Å². The molecule has 4 N–H and O–H groups in total. The first-order valence-electron chi connectivity index (χ1n) is 9.02. The van der Waals surface area contributed by atoms with Crippen LogP contribution in [0.2, 0.25) is 0 Å². The van der Waals surface area contributed by atoms with E-state index in [0.717, 1.165) is 12.0 Å². The first kappa shape index (κ1) is 19.9. The number of hydrogen-bond acceptors (Lipinski definition) is 5. The number of halogens is 1. The molecule has 1 aromatic carbocycles. The van der Waals surface area contributed by atoms with Gasteiger partial charge in [0.2, 0.25) is 0 Å². The Kier molecular flexibility index (Phi) is 5.42. The fraction of sp³-hybridized carbons (Fsp3) is 0.400. The topological polar surface area (TPSA) is 107 Å². The molecule has 1 aliphatic heterocycles. The van der Waals surface area contributed by atoms with Gasteiger partial charge in [-0.05, 0) is 43.0 Å². The molecule has 150 valence electrons. The van der Waals surface area contributed by atoms with E-state index in [1.165, 1.54) is 18.3 Å². The lowest BCUT2D eigenvalue weighted by atomic mass is 9.93. The van der Waals surface area contributed by atoms with Crippen molar-refractivity contribution in [2.24, 2.45) is 11.7 Å². The predicted octanol–water partition coefficient (Wildman–Crippen LogP) is 4.01. The highest BCUT2D eigenvalue weighted by atomic mass is 19.1. The predicted molar refractivity (Wildman–Crippen MR) is 103 cm³/mol. The summed E-state index contributed by atoms with van der Waals surface area (Å²) in [7, 11) is 0. The van der Waals surface area contributed by atoms with Crippen molar-refractivity contribution < 1.29 is 23.8 Å². The highest BCUT2D eigenvalue weighted by Gasteiger charge is 2.24. The van der Waals surface area contributed by atoms with Crippen molar-refractivity contribution in [2.45, 2.75) is 39.3 Å². The van der Waals surface area contributed by atoms with Crippen molar-refractivity contribution in [1.29, 1.82) is 0 Å². The van der Waals surface area contributed by atoms with Crippen molar-refractivity contribution in [1.82, 2.24) is 4.98 Å². The van der Waals surface area contributed by atoms with Gasteiger partial charge >= 0.3 is 6.09 Å². The molecule has 2 heterocycles. The minimum atomic E-state index is -1.23. The van der Waals surface area contributed by atoms with E-state index in [1.807, 2.05) is 6.92 Å². The van der Waals surface area contributed by atoms with E-state index in [-0.39, 0.29) is 24.8 Å². The maximum atomic E-state index is 14.7. The van der Waals surface area contributed by atoms with Crippen molar-refractivity contribution in [3.8, 4) is 22.6 Å². The lowest BCUT2D eigenvalue weighted by Gasteiger charge is -2.27. The fourth-order valence-electron chi connectivity index (χ4n) is 3.41. The average Bonchev–Trinajstić information content (AvgIpc) is 2.58. The molecular weight excluding hydrogens is 365 g/mol. The minimum Gasteiger partial charge on any atom is -0.489 e. The zero-order valence-corrected chi connectivity index (χ0v) is 16.1. The molecule has 0 fully saturated rings. The molecule has 1 unspecified atom stereocenters. The first-order chi connectivity index (χ1) is 13.1. The van der Waals surface area contributed by atoms with Crippen LogP contribution in [0.15, 0.2) is 24.4 Å². The van der Waals surface area contributed by atoms with Crippen molar-refractivity contribution >= 4 is 11.9 Å². The Hall–Kier alpha value is -2.87. The Labute approximate surface area is 162 Å². The molecule has 0 aliphatic carbocycles. The van der Waals surface area contributed by atoms with Crippen molar-refractivity contribution in [2.75, 3.05) is 11.9 Å². The number of nitrogens with one attached hydrogen (secondary N) is 1. The van der Waals surface area contributed by atoms with Gasteiger partial charge in [0.1, 0.15) is 24.8 Å². The van der Waals surface area contributed by atoms with E-state index in [1.54, 1.807) is 6.07 Å². The Morgan fingerprint density at radius 2 is 2.18 bits per heavy atom. The van der Waals surface area contributed by atoms with Crippen LogP contribution >= 0.6 is 0 Å². The lowest BCUT2D eigenvalue weighted by Crippen LogP contribution is -2.43. The average molecular weight is 389 g/mol. The maximum absolute atomic E-state index is 14.7. The normalized spacial score (nSPS) is 14.5. The van der Waals surface area contributed by atoms with Gasteiger partial charge in [0.15, 0.2) is 11.6 Å². The van der Waals surface area contributed by atoms with Crippen LogP contribution in [0.25, 0.3) is 11.1 Å². The summed E-state index contributed by atoms with van der Waals surface area (Å²) >= 11 is 0. The molecule has 7 nitrogen and oxygen atoms in total. The second-order valence-corrected chi connectivity index (χ2v) is 7.76. The summed E-state index contributed by atoms with van der Waals surface area (Å²) in [6.45, 7) is 6.45. The van der Waals surface area contributed by atoms with Gasteiger partial charge < -0.3 is 20.3 Å². The maximum Gasteiger partial charge on any atom is 0.410 e. The number of nitrogens with zero attached hydrogens (tertiary/aromatic N) is 1. The summed E-state index contributed by atoms with van der Waals surface area (Å²) in [6, 6.07) is 4.48. The first-order valence-corrected chi connectivity index (χ1v) is 9.02. The quantitative estimate of drug-likeness (QED) is 0.689. The number of carbonyl (C=O) groups is 1. The molecule has 8 heteroatoms. The molecule has 0 spiro atoms. The van der Waals surface area contributed by atoms with Gasteiger partial charge in [-0.1, -0.05) is 13.8 Å². The molecule has 3 rings (SSSR count). The summed E-state index contributed by atoms with van der Waals surface area (Å²) in [5, 5.41) is 11.0. The minimum absolute atomic E-state index is 0.115. The van der Waals surface area contributed by atoms with E-state index < -0.39 is 17.4 Å². The number of pyridine rings is 1. The molecule has 0 radical (unpaired) electrons. The summed E-state index contributed by atoms with van der Waals surface area (Å²) in [6.07, 6.45) is 0.936. The molecule has 1 aromatic heterocycles. The summed E-state index contributed by atoms with van der Waals surface area (Å²) in [4.78, 5) is 14.8. The van der Waals surface area contributed by atoms with Crippen LogP contribution in [0, 0.1) is 11.7 Å². The van der Waals surface area contributed by atoms with Crippen LogP contribution < -0.4 is 20.5 Å². The highest BCUT2D eigenvalue weighted by Crippen LogP contribution is 2.40. The van der Waals surface area contributed by atoms with Crippen LogP contribution in [0.4, 0.5) is 15.0 Å². The van der Waals surface area contributed by atoms with Crippen molar-refractivity contribution in [3.63, 3.8) is 0 Å². The molecular formula is C20H24FN3O4. The van der Waals surface area contributed by atoms with Gasteiger partial charge in [0.25, 0.3) is 0 Å². The monoisotopic (exact) mass is 389 g/mol. The molecule has 0 bridgehead atoms. The Morgan fingerprint density at radius 1 is 1.43 bits per heavy atom. The SMILES string of the molecule is CC(C)CC(C)(N)COc1cc2c(cc1F)-c1cc(NC(=O)O)ncc1OC2. The van der Waals surface area contributed by atoms with E-state index in [4.69, 9.17) is 20.3 Å². The second kappa shape index (κ2) is 7.63. The lowest BCUT2D eigenvalue weighted by molar-refractivity contribution is 0.199. The van der Waals surface area contributed by atoms with Crippen LogP contribution in [0.1, 0.15) is 32.8 Å². The van der Waals surface area contributed by atoms with Gasteiger partial charge in [-0.15, -0.1) is 0 Å². The summed E-state index contributed by atoms with van der Waals surface area (Å²) in [5.41, 5.74) is 7.58. The molecule has 0 saturated heterocycles. The standard InChI is InChI=1S/C20H24FN3O4/c1-11(2)7-20(3,22)10-28-16-4-12-9-27-17-8-23-18(24-19(25)26)6-14(17)13(12)5-15(16)21/h4-6,8,11H,7,9-10,22H2,1-3H3,(H,23,24)(H,25,26). The third kappa shape index (κ3) is 4.51. The third-order valence-electron chi connectivity index (χ3n) is 4.37. The number of rotatable bonds is 6. The number of amides is 1. The number of anilines is 1. The molecule has 2 aromatic rings. The second-order valence-electron chi connectivity index (χ2n) is 7.76. The van der Waals surface area contributed by atoms with Gasteiger partial charge in [-0.3, -0.25) is 5.32 Å². The zero-order valence-electron chi connectivity index (χ0n) is 16.1. The van der Waals surface area contributed by atoms with Crippen LogP contribution in [-0.2, 0) is 6.61 Å². The largest absolute Gasteiger partial charge is 0.489 e. The number of hydrogen-bond donors (Lipinski definition) is 3. The molecule has 1 aliphatic rings. The Bertz CT molecular complexity index is 899. The third-order valence-corrected chi connectivity index (χ3v) is 4.37. The smallest absolute Gasteiger partial charge is 0.410 e. The van der Waals surface area contributed by atoms with Gasteiger partial charge in [-0.2, -0.15) is 0 Å². The highest BCUT2D eigenvalue weighted by molar-refractivity contribution is 5.84. The Balaban J connectivity index is 1.87. The number of nitrogens with two attached hydrogens (primary N) is 1. The van der Waals surface area contributed by atoms with Gasteiger partial charge in [0.05, 0.1) is 6.20 Å². The molecule has 28 heavy (non-hydrogen) atoms. The van der Waals surface area contributed by atoms with Crippen LogP contribution in [0.3, 0.4) is 0 Å². The molecule has 1 amide bonds. The number of fused-ring (bicyclic) bond motifs is 3. The van der Waals surface area contributed by atoms with Gasteiger partial charge in [0, 0.05) is 16.7 Å². The van der Waals surface area contributed by atoms with E-state index in [0.29, 0.717) is 22.8 Å². The number of ether oxygens (including phenoxy) is 2. The fourth-order valence-corrected chi connectivity index (χ4v) is 3.41. The van der Waals surface area contributed by atoms with Gasteiger partial charge in [-0.25, -0.2) is 14.2 Å². The molecule has 0 saturated carbocycles. The Morgan fingerprint density at radius 3 is 2.86 bits per heavy atom.